The van der Waals surface area contributed by atoms with Crippen LogP contribution in [0.5, 0.6) is 0 Å². The molecule has 4 heteroatoms. The summed E-state index contributed by atoms with van der Waals surface area (Å²) < 4.78 is 0. The fraction of sp³-hybridized carbons (Fsp3) is 0.467. The number of benzene rings is 1. The van der Waals surface area contributed by atoms with E-state index in [4.69, 9.17) is 0 Å². The second-order valence-corrected chi connectivity index (χ2v) is 5.06. The van der Waals surface area contributed by atoms with E-state index in [9.17, 15) is 9.59 Å². The molecule has 0 heterocycles. The summed E-state index contributed by atoms with van der Waals surface area (Å²) in [7, 11) is 0. The van der Waals surface area contributed by atoms with Crippen molar-refractivity contribution < 1.29 is 9.59 Å². The van der Waals surface area contributed by atoms with Crippen molar-refractivity contribution in [3.05, 3.63) is 29.8 Å². The quantitative estimate of drug-likeness (QED) is 0.883. The second-order valence-electron chi connectivity index (χ2n) is 5.06. The molecular formula is C15H20N2O2. The normalized spacial score (nSPS) is 14.0. The highest BCUT2D eigenvalue weighted by Crippen LogP contribution is 2.27. The van der Waals surface area contributed by atoms with Crippen LogP contribution in [0.15, 0.2) is 24.3 Å². The van der Waals surface area contributed by atoms with Gasteiger partial charge in [-0.2, -0.15) is 0 Å². The molecule has 1 aromatic carbocycles. The minimum Gasteiger partial charge on any atom is -0.339 e. The van der Waals surface area contributed by atoms with E-state index in [2.05, 4.69) is 5.32 Å². The molecular weight excluding hydrogens is 240 g/mol. The molecule has 1 N–H and O–H groups in total. The van der Waals surface area contributed by atoms with E-state index in [0.29, 0.717) is 19.0 Å². The smallest absolute Gasteiger partial charge is 0.226 e. The molecule has 0 aromatic heterocycles. The largest absolute Gasteiger partial charge is 0.339 e. The van der Waals surface area contributed by atoms with Gasteiger partial charge in [-0.1, -0.05) is 18.2 Å². The molecule has 1 aromatic rings. The number of carbonyl (C=O) groups excluding carboxylic acids is 2. The van der Waals surface area contributed by atoms with E-state index in [0.717, 1.165) is 24.1 Å². The van der Waals surface area contributed by atoms with Gasteiger partial charge < -0.3 is 10.2 Å². The lowest BCUT2D eigenvalue weighted by atomic mass is 10.2. The van der Waals surface area contributed by atoms with Crippen molar-refractivity contribution in [1.82, 2.24) is 4.90 Å². The van der Waals surface area contributed by atoms with Crippen LogP contribution in [0.1, 0.15) is 31.7 Å². The fourth-order valence-electron chi connectivity index (χ4n) is 2.13. The average molecular weight is 260 g/mol. The molecule has 0 saturated heterocycles. The van der Waals surface area contributed by atoms with Gasteiger partial charge in [0, 0.05) is 31.6 Å². The summed E-state index contributed by atoms with van der Waals surface area (Å²) in [5, 5.41) is 2.89. The molecule has 19 heavy (non-hydrogen) atoms. The number of nitrogens with zero attached hydrogens (tertiary/aromatic N) is 1. The highest BCUT2D eigenvalue weighted by molar-refractivity contribution is 5.91. The van der Waals surface area contributed by atoms with Crippen LogP contribution in [0.4, 0.5) is 5.69 Å². The van der Waals surface area contributed by atoms with Gasteiger partial charge in [-0.15, -0.1) is 0 Å². The van der Waals surface area contributed by atoms with Gasteiger partial charge in [0.1, 0.15) is 0 Å². The molecule has 2 amide bonds. The van der Waals surface area contributed by atoms with E-state index in [-0.39, 0.29) is 11.8 Å². The fourth-order valence-corrected chi connectivity index (χ4v) is 2.13. The molecule has 1 fully saturated rings. The zero-order chi connectivity index (χ0) is 13.8. The van der Waals surface area contributed by atoms with Gasteiger partial charge >= 0.3 is 0 Å². The Balaban J connectivity index is 1.84. The molecule has 4 nitrogen and oxygen atoms in total. The third kappa shape index (κ3) is 3.81. The first-order chi connectivity index (χ1) is 9.08. The van der Waals surface area contributed by atoms with Crippen LogP contribution >= 0.6 is 0 Å². The lowest BCUT2D eigenvalue weighted by molar-refractivity contribution is -0.129. The molecule has 0 radical (unpaired) electrons. The van der Waals surface area contributed by atoms with E-state index in [1.807, 2.05) is 31.2 Å². The van der Waals surface area contributed by atoms with Crippen LogP contribution in [-0.4, -0.2) is 29.3 Å². The second kappa shape index (κ2) is 5.87. The Hall–Kier alpha value is -1.84. The van der Waals surface area contributed by atoms with Crippen LogP contribution in [0.3, 0.4) is 0 Å². The molecule has 1 aliphatic rings. The molecule has 0 aliphatic heterocycles. The van der Waals surface area contributed by atoms with Crippen molar-refractivity contribution in [3.8, 4) is 0 Å². The number of nitrogens with one attached hydrogen (secondary N) is 1. The van der Waals surface area contributed by atoms with Crippen molar-refractivity contribution in [2.75, 3.05) is 11.9 Å². The number of amides is 2. The van der Waals surface area contributed by atoms with Gasteiger partial charge in [0.25, 0.3) is 0 Å². The maximum absolute atomic E-state index is 11.9. The monoisotopic (exact) mass is 260 g/mol. The number of rotatable bonds is 5. The molecule has 0 unspecified atom stereocenters. The first-order valence-corrected chi connectivity index (χ1v) is 6.70. The first kappa shape index (κ1) is 13.6. The summed E-state index contributed by atoms with van der Waals surface area (Å²) in [6.45, 7) is 4.04. The van der Waals surface area contributed by atoms with E-state index in [1.165, 1.54) is 0 Å². The Morgan fingerprint density at radius 1 is 1.32 bits per heavy atom. The Morgan fingerprint density at radius 2 is 2.00 bits per heavy atom. The number of aryl methyl sites for hydroxylation is 1. The summed E-state index contributed by atoms with van der Waals surface area (Å²) in [6, 6.07) is 8.05. The molecule has 1 aliphatic carbocycles. The van der Waals surface area contributed by atoms with Gasteiger partial charge in [-0.25, -0.2) is 0 Å². The van der Waals surface area contributed by atoms with Crippen LogP contribution in [0.25, 0.3) is 0 Å². The highest BCUT2D eigenvalue weighted by atomic mass is 16.2. The maximum Gasteiger partial charge on any atom is 0.226 e. The van der Waals surface area contributed by atoms with Crippen molar-refractivity contribution >= 4 is 17.5 Å². The predicted molar refractivity (Wildman–Crippen MR) is 74.8 cm³/mol. The van der Waals surface area contributed by atoms with Crippen LogP contribution in [-0.2, 0) is 9.59 Å². The van der Waals surface area contributed by atoms with Gasteiger partial charge in [-0.3, -0.25) is 9.59 Å². The van der Waals surface area contributed by atoms with Gasteiger partial charge in [0.15, 0.2) is 0 Å². The van der Waals surface area contributed by atoms with Gasteiger partial charge in [0.2, 0.25) is 11.8 Å². The summed E-state index contributed by atoms with van der Waals surface area (Å²) in [5.74, 6) is 0.0207. The number of anilines is 1. The standard InChI is InChI=1S/C15H20N2O2/c1-11-5-3-4-6-14(11)16-15(19)9-10-17(12(2)18)13-7-8-13/h3-6,13H,7-10H2,1-2H3,(H,16,19). The van der Waals surface area contributed by atoms with Crippen molar-refractivity contribution in [2.24, 2.45) is 0 Å². The lowest BCUT2D eigenvalue weighted by Gasteiger charge is -2.20. The van der Waals surface area contributed by atoms with Crippen molar-refractivity contribution in [3.63, 3.8) is 0 Å². The summed E-state index contributed by atoms with van der Waals surface area (Å²) in [4.78, 5) is 25.1. The van der Waals surface area contributed by atoms with E-state index < -0.39 is 0 Å². The molecule has 0 bridgehead atoms. The number of para-hydroxylation sites is 1. The molecule has 0 atom stereocenters. The third-order valence-electron chi connectivity index (χ3n) is 3.39. The maximum atomic E-state index is 11.9. The van der Waals surface area contributed by atoms with Crippen molar-refractivity contribution in [1.29, 1.82) is 0 Å². The Kier molecular flexibility index (Phi) is 4.20. The van der Waals surface area contributed by atoms with Crippen molar-refractivity contribution in [2.45, 2.75) is 39.2 Å². The zero-order valence-corrected chi connectivity index (χ0v) is 11.5. The Morgan fingerprint density at radius 3 is 2.58 bits per heavy atom. The summed E-state index contributed by atoms with van der Waals surface area (Å²) in [5.41, 5.74) is 1.88. The summed E-state index contributed by atoms with van der Waals surface area (Å²) >= 11 is 0. The minimum atomic E-state index is -0.0406. The average Bonchev–Trinajstić information content (AvgIpc) is 3.16. The summed E-state index contributed by atoms with van der Waals surface area (Å²) in [6.07, 6.45) is 2.49. The third-order valence-corrected chi connectivity index (χ3v) is 3.39. The number of hydrogen-bond donors (Lipinski definition) is 1. The number of hydrogen-bond acceptors (Lipinski definition) is 2. The predicted octanol–water partition coefficient (Wildman–Crippen LogP) is 2.33. The highest BCUT2D eigenvalue weighted by Gasteiger charge is 2.30. The Bertz CT molecular complexity index is 481. The lowest BCUT2D eigenvalue weighted by Crippen LogP contribution is -2.33. The topological polar surface area (TPSA) is 49.4 Å². The number of carbonyl (C=O) groups is 2. The first-order valence-electron chi connectivity index (χ1n) is 6.70. The SMILES string of the molecule is CC(=O)N(CCC(=O)Nc1ccccc1C)C1CC1. The van der Waals surface area contributed by atoms with Crippen LogP contribution in [0.2, 0.25) is 0 Å². The Labute approximate surface area is 113 Å². The van der Waals surface area contributed by atoms with E-state index in [1.54, 1.807) is 11.8 Å². The molecule has 102 valence electrons. The molecule has 1 saturated carbocycles. The van der Waals surface area contributed by atoms with Crippen LogP contribution < -0.4 is 5.32 Å². The van der Waals surface area contributed by atoms with Crippen LogP contribution in [0, 0.1) is 6.92 Å². The molecule has 0 spiro atoms. The van der Waals surface area contributed by atoms with Gasteiger partial charge in [0.05, 0.1) is 0 Å². The van der Waals surface area contributed by atoms with E-state index >= 15 is 0 Å². The zero-order valence-electron chi connectivity index (χ0n) is 11.5. The molecule has 2 rings (SSSR count). The minimum absolute atomic E-state index is 0.0406. The van der Waals surface area contributed by atoms with Gasteiger partial charge in [-0.05, 0) is 31.4 Å².